The lowest BCUT2D eigenvalue weighted by atomic mass is 10.2. The van der Waals surface area contributed by atoms with Crippen molar-refractivity contribution in [3.05, 3.63) is 29.8 Å². The molecule has 0 aliphatic heterocycles. The average Bonchev–Trinajstić information content (AvgIpc) is 2.94. The Morgan fingerprint density at radius 3 is 2.71 bits per heavy atom. The molecule has 1 N–H and O–H groups in total. The number of hydrogen-bond donors (Lipinski definition) is 1. The van der Waals surface area contributed by atoms with Crippen molar-refractivity contribution in [2.24, 2.45) is 5.92 Å². The van der Waals surface area contributed by atoms with E-state index in [0.29, 0.717) is 5.92 Å². The van der Waals surface area contributed by atoms with Crippen LogP contribution in [0, 0.1) is 17.6 Å². The molecule has 3 heteroatoms. The first-order chi connectivity index (χ1) is 6.66. The van der Waals surface area contributed by atoms with Crippen molar-refractivity contribution in [2.75, 3.05) is 5.32 Å². The summed E-state index contributed by atoms with van der Waals surface area (Å²) in [4.78, 5) is 0. The Balaban J connectivity index is 2.10. The number of hydrogen-bond acceptors (Lipinski definition) is 1. The molecule has 0 radical (unpaired) electrons. The van der Waals surface area contributed by atoms with E-state index in [1.807, 2.05) is 6.92 Å². The van der Waals surface area contributed by atoms with E-state index in [0.717, 1.165) is 12.1 Å². The summed E-state index contributed by atoms with van der Waals surface area (Å²) in [6.07, 6.45) is 2.37. The second-order valence-electron chi connectivity index (χ2n) is 3.89. The van der Waals surface area contributed by atoms with Crippen molar-refractivity contribution in [1.29, 1.82) is 0 Å². The van der Waals surface area contributed by atoms with Crippen LogP contribution < -0.4 is 5.32 Å². The van der Waals surface area contributed by atoms with Crippen LogP contribution in [0.4, 0.5) is 14.5 Å². The van der Waals surface area contributed by atoms with E-state index in [1.165, 1.54) is 18.9 Å². The molecule has 1 saturated carbocycles. The minimum atomic E-state index is -0.406. The third kappa shape index (κ3) is 2.03. The Kier molecular flexibility index (Phi) is 2.40. The lowest BCUT2D eigenvalue weighted by Gasteiger charge is -2.14. The average molecular weight is 197 g/mol. The summed E-state index contributed by atoms with van der Waals surface area (Å²) in [5.74, 6) is -0.173. The highest BCUT2D eigenvalue weighted by Gasteiger charge is 2.28. The monoisotopic (exact) mass is 197 g/mol. The molecule has 1 aromatic rings. The van der Waals surface area contributed by atoms with Crippen LogP contribution in [0.2, 0.25) is 0 Å². The zero-order chi connectivity index (χ0) is 10.1. The Hall–Kier alpha value is -1.12. The molecule has 0 amide bonds. The molecule has 0 unspecified atom stereocenters. The molecule has 1 atom stereocenters. The first-order valence-electron chi connectivity index (χ1n) is 4.88. The largest absolute Gasteiger partial charge is 0.380 e. The van der Waals surface area contributed by atoms with Gasteiger partial charge in [0.2, 0.25) is 0 Å². The van der Waals surface area contributed by atoms with Crippen molar-refractivity contribution in [1.82, 2.24) is 0 Å². The van der Waals surface area contributed by atoms with Gasteiger partial charge in [0.25, 0.3) is 0 Å². The minimum Gasteiger partial charge on any atom is -0.380 e. The van der Waals surface area contributed by atoms with Crippen molar-refractivity contribution in [3.8, 4) is 0 Å². The van der Waals surface area contributed by atoms with E-state index < -0.39 is 5.82 Å². The Morgan fingerprint density at radius 1 is 1.36 bits per heavy atom. The van der Waals surface area contributed by atoms with Gasteiger partial charge in [0.1, 0.15) is 11.6 Å². The maximum absolute atomic E-state index is 13.2. The van der Waals surface area contributed by atoms with Crippen molar-refractivity contribution >= 4 is 5.69 Å². The standard InChI is InChI=1S/C11H13F2N/c1-7(8-2-3-8)14-11-6-9(12)4-5-10(11)13/h4-8,14H,2-3H2,1H3/t7-/m1/s1. The molecule has 1 aromatic carbocycles. The van der Waals surface area contributed by atoms with Gasteiger partial charge in [-0.25, -0.2) is 8.78 Å². The second kappa shape index (κ2) is 3.56. The summed E-state index contributed by atoms with van der Waals surface area (Å²) in [7, 11) is 0. The fraction of sp³-hybridized carbons (Fsp3) is 0.455. The SMILES string of the molecule is C[C@@H](Nc1cc(F)ccc1F)C1CC1. The third-order valence-electron chi connectivity index (χ3n) is 2.64. The molecule has 14 heavy (non-hydrogen) atoms. The summed E-state index contributed by atoms with van der Waals surface area (Å²) in [6.45, 7) is 2.00. The van der Waals surface area contributed by atoms with Crippen LogP contribution in [-0.2, 0) is 0 Å². The molecule has 0 spiro atoms. The van der Waals surface area contributed by atoms with Gasteiger partial charge in [-0.15, -0.1) is 0 Å². The fourth-order valence-electron chi connectivity index (χ4n) is 1.57. The van der Waals surface area contributed by atoms with Crippen LogP contribution in [0.25, 0.3) is 0 Å². The topological polar surface area (TPSA) is 12.0 Å². The second-order valence-corrected chi connectivity index (χ2v) is 3.89. The molecule has 2 rings (SSSR count). The molecule has 0 aromatic heterocycles. The van der Waals surface area contributed by atoms with Crippen LogP contribution in [0.3, 0.4) is 0 Å². The molecule has 0 saturated heterocycles. The molecule has 1 fully saturated rings. The normalized spacial score (nSPS) is 17.9. The first kappa shape index (κ1) is 9.44. The summed E-state index contributed by atoms with van der Waals surface area (Å²) in [5, 5.41) is 3.00. The minimum absolute atomic E-state index is 0.228. The predicted octanol–water partition coefficient (Wildman–Crippen LogP) is 3.18. The van der Waals surface area contributed by atoms with Crippen molar-refractivity contribution in [2.45, 2.75) is 25.8 Å². The van der Waals surface area contributed by atoms with Crippen molar-refractivity contribution < 1.29 is 8.78 Å². The number of anilines is 1. The third-order valence-corrected chi connectivity index (χ3v) is 2.64. The smallest absolute Gasteiger partial charge is 0.146 e. The molecule has 1 aliphatic rings. The molecule has 0 bridgehead atoms. The van der Waals surface area contributed by atoms with Gasteiger partial charge in [-0.3, -0.25) is 0 Å². The maximum atomic E-state index is 13.2. The lowest BCUT2D eigenvalue weighted by Crippen LogP contribution is -2.18. The van der Waals surface area contributed by atoms with E-state index in [1.54, 1.807) is 0 Å². The Morgan fingerprint density at radius 2 is 2.07 bits per heavy atom. The van der Waals surface area contributed by atoms with Gasteiger partial charge in [-0.1, -0.05) is 0 Å². The quantitative estimate of drug-likeness (QED) is 0.784. The van der Waals surface area contributed by atoms with Gasteiger partial charge in [0.05, 0.1) is 5.69 Å². The Labute approximate surface area is 82.1 Å². The molecular formula is C11H13F2N. The van der Waals surface area contributed by atoms with Crippen LogP contribution >= 0.6 is 0 Å². The summed E-state index contributed by atoms with van der Waals surface area (Å²) < 4.78 is 26.0. The molecule has 76 valence electrons. The van der Waals surface area contributed by atoms with Gasteiger partial charge in [-0.05, 0) is 43.9 Å². The zero-order valence-electron chi connectivity index (χ0n) is 8.06. The summed E-state index contributed by atoms with van der Waals surface area (Å²) in [6, 6.07) is 3.71. The van der Waals surface area contributed by atoms with E-state index in [4.69, 9.17) is 0 Å². The van der Waals surface area contributed by atoms with E-state index >= 15 is 0 Å². The van der Waals surface area contributed by atoms with Gasteiger partial charge in [-0.2, -0.15) is 0 Å². The highest BCUT2D eigenvalue weighted by atomic mass is 19.1. The van der Waals surface area contributed by atoms with Gasteiger partial charge < -0.3 is 5.32 Å². The molecular weight excluding hydrogens is 184 g/mol. The van der Waals surface area contributed by atoms with Crippen LogP contribution in [0.1, 0.15) is 19.8 Å². The Bertz CT molecular complexity index is 334. The lowest BCUT2D eigenvalue weighted by molar-refractivity contribution is 0.596. The van der Waals surface area contributed by atoms with Gasteiger partial charge in [0.15, 0.2) is 0 Å². The highest BCUT2D eigenvalue weighted by Crippen LogP contribution is 2.34. The van der Waals surface area contributed by atoms with Crippen LogP contribution in [0.5, 0.6) is 0 Å². The van der Waals surface area contributed by atoms with E-state index in [9.17, 15) is 8.78 Å². The van der Waals surface area contributed by atoms with E-state index in [-0.39, 0.29) is 17.5 Å². The van der Waals surface area contributed by atoms with Crippen LogP contribution in [0.15, 0.2) is 18.2 Å². The fourth-order valence-corrected chi connectivity index (χ4v) is 1.57. The van der Waals surface area contributed by atoms with Gasteiger partial charge >= 0.3 is 0 Å². The molecule has 1 nitrogen and oxygen atoms in total. The summed E-state index contributed by atoms with van der Waals surface area (Å²) >= 11 is 0. The van der Waals surface area contributed by atoms with Crippen LogP contribution in [-0.4, -0.2) is 6.04 Å². The molecule has 1 aliphatic carbocycles. The first-order valence-corrected chi connectivity index (χ1v) is 4.88. The number of halogens is 2. The van der Waals surface area contributed by atoms with Crippen molar-refractivity contribution in [3.63, 3.8) is 0 Å². The van der Waals surface area contributed by atoms with Gasteiger partial charge in [0, 0.05) is 6.04 Å². The number of rotatable bonds is 3. The number of nitrogens with one attached hydrogen (secondary N) is 1. The predicted molar refractivity (Wildman–Crippen MR) is 52.2 cm³/mol. The number of benzene rings is 1. The summed E-state index contributed by atoms with van der Waals surface area (Å²) in [5.41, 5.74) is 0.268. The zero-order valence-corrected chi connectivity index (χ0v) is 8.06. The maximum Gasteiger partial charge on any atom is 0.146 e. The van der Waals surface area contributed by atoms with E-state index in [2.05, 4.69) is 5.32 Å². The molecule has 0 heterocycles. The highest BCUT2D eigenvalue weighted by molar-refractivity contribution is 5.45.